The first-order chi connectivity index (χ1) is 12.2. The molecular formula is C20H13ClN2O2. The zero-order valence-electron chi connectivity index (χ0n) is 13.1. The quantitative estimate of drug-likeness (QED) is 0.539. The lowest BCUT2D eigenvalue weighted by molar-refractivity contribution is 0.102. The third-order valence-corrected chi connectivity index (χ3v) is 4.13. The molecule has 0 atom stereocenters. The average molecular weight is 349 g/mol. The largest absolute Gasteiger partial charge is 0.355 e. The number of amides is 1. The van der Waals surface area contributed by atoms with Crippen molar-refractivity contribution in [1.29, 1.82) is 0 Å². The molecule has 0 bridgehead atoms. The maximum atomic E-state index is 12.4. The van der Waals surface area contributed by atoms with E-state index in [1.54, 1.807) is 36.4 Å². The van der Waals surface area contributed by atoms with Crippen LogP contribution in [0, 0.1) is 0 Å². The molecule has 0 saturated carbocycles. The predicted octanol–water partition coefficient (Wildman–Crippen LogP) is 5.40. The minimum absolute atomic E-state index is 0.214. The van der Waals surface area contributed by atoms with Gasteiger partial charge in [0.15, 0.2) is 5.76 Å². The molecule has 0 radical (unpaired) electrons. The van der Waals surface area contributed by atoms with Crippen molar-refractivity contribution in [3.05, 3.63) is 83.4 Å². The van der Waals surface area contributed by atoms with Gasteiger partial charge in [0, 0.05) is 27.2 Å². The van der Waals surface area contributed by atoms with E-state index in [1.807, 2.05) is 36.4 Å². The summed E-state index contributed by atoms with van der Waals surface area (Å²) in [5.74, 6) is 0.480. The number of hydrogen-bond donors (Lipinski definition) is 1. The number of nitrogens with one attached hydrogen (secondary N) is 1. The van der Waals surface area contributed by atoms with E-state index in [0.29, 0.717) is 27.6 Å². The lowest BCUT2D eigenvalue weighted by Gasteiger charge is -2.05. The molecule has 0 saturated heterocycles. The molecule has 1 N–H and O–H groups in total. The topological polar surface area (TPSA) is 55.1 Å². The number of halogens is 1. The van der Waals surface area contributed by atoms with Crippen LogP contribution in [-0.2, 0) is 0 Å². The molecule has 1 heterocycles. The normalized spacial score (nSPS) is 10.8. The van der Waals surface area contributed by atoms with E-state index in [-0.39, 0.29) is 5.91 Å². The number of carbonyl (C=O) groups excluding carboxylic acids is 1. The summed E-state index contributed by atoms with van der Waals surface area (Å²) in [5, 5.41) is 8.41. The molecule has 0 aliphatic rings. The van der Waals surface area contributed by atoms with Gasteiger partial charge < -0.3 is 9.84 Å². The first kappa shape index (κ1) is 15.4. The molecule has 1 amide bonds. The number of rotatable bonds is 3. The Morgan fingerprint density at radius 1 is 0.960 bits per heavy atom. The maximum absolute atomic E-state index is 12.4. The minimum atomic E-state index is -0.214. The monoisotopic (exact) mass is 348 g/mol. The molecule has 0 fully saturated rings. The van der Waals surface area contributed by atoms with Gasteiger partial charge in [-0.1, -0.05) is 47.1 Å². The first-order valence-corrected chi connectivity index (χ1v) is 8.10. The summed E-state index contributed by atoms with van der Waals surface area (Å²) in [5.41, 5.74) is 2.78. The van der Waals surface area contributed by atoms with Gasteiger partial charge in [-0.15, -0.1) is 0 Å². The summed E-state index contributed by atoms with van der Waals surface area (Å²) in [6.45, 7) is 0. The smallest absolute Gasteiger partial charge is 0.255 e. The van der Waals surface area contributed by atoms with E-state index in [4.69, 9.17) is 16.1 Å². The lowest BCUT2D eigenvalue weighted by atomic mass is 10.1. The van der Waals surface area contributed by atoms with Crippen molar-refractivity contribution < 1.29 is 9.32 Å². The van der Waals surface area contributed by atoms with Crippen LogP contribution in [0.25, 0.3) is 22.2 Å². The van der Waals surface area contributed by atoms with Crippen molar-refractivity contribution in [2.45, 2.75) is 0 Å². The van der Waals surface area contributed by atoms with Gasteiger partial charge >= 0.3 is 0 Å². The fourth-order valence-electron chi connectivity index (χ4n) is 2.62. The molecule has 0 aliphatic carbocycles. The highest BCUT2D eigenvalue weighted by Gasteiger charge is 2.13. The van der Waals surface area contributed by atoms with Gasteiger partial charge in [0.25, 0.3) is 5.91 Å². The van der Waals surface area contributed by atoms with Crippen LogP contribution in [0.5, 0.6) is 0 Å². The summed E-state index contributed by atoms with van der Waals surface area (Å²) in [7, 11) is 0. The number of benzene rings is 3. The van der Waals surface area contributed by atoms with Crippen LogP contribution in [0.3, 0.4) is 0 Å². The molecule has 1 aromatic heterocycles. The molecule has 122 valence electrons. The van der Waals surface area contributed by atoms with Crippen molar-refractivity contribution in [1.82, 2.24) is 5.16 Å². The van der Waals surface area contributed by atoms with Gasteiger partial charge in [0.2, 0.25) is 0 Å². The molecule has 4 nitrogen and oxygen atoms in total. The third-order valence-electron chi connectivity index (χ3n) is 3.88. The Hall–Kier alpha value is -3.11. The zero-order valence-corrected chi connectivity index (χ0v) is 13.8. The Labute approximate surface area is 149 Å². The highest BCUT2D eigenvalue weighted by atomic mass is 35.5. The van der Waals surface area contributed by atoms with Crippen LogP contribution in [0.2, 0.25) is 5.02 Å². The molecule has 3 aromatic carbocycles. The SMILES string of the molecule is O=C(Nc1ccc(Cl)cc1)c1ccc2c(-c3ccccc3)onc2c1. The van der Waals surface area contributed by atoms with Crippen molar-refractivity contribution in [3.8, 4) is 11.3 Å². The Balaban J connectivity index is 1.63. The van der Waals surface area contributed by atoms with Gasteiger partial charge in [-0.2, -0.15) is 0 Å². The summed E-state index contributed by atoms with van der Waals surface area (Å²) < 4.78 is 5.47. The Morgan fingerprint density at radius 2 is 1.72 bits per heavy atom. The highest BCUT2D eigenvalue weighted by molar-refractivity contribution is 6.30. The van der Waals surface area contributed by atoms with E-state index in [9.17, 15) is 4.79 Å². The number of hydrogen-bond acceptors (Lipinski definition) is 3. The number of carbonyl (C=O) groups is 1. The van der Waals surface area contributed by atoms with Crippen molar-refractivity contribution in [2.24, 2.45) is 0 Å². The molecule has 0 aliphatic heterocycles. The van der Waals surface area contributed by atoms with E-state index < -0.39 is 0 Å². The molecule has 5 heteroatoms. The summed E-state index contributed by atoms with van der Waals surface area (Å²) in [4.78, 5) is 12.4. The van der Waals surface area contributed by atoms with Crippen molar-refractivity contribution in [3.63, 3.8) is 0 Å². The molecule has 25 heavy (non-hydrogen) atoms. The van der Waals surface area contributed by atoms with E-state index >= 15 is 0 Å². The van der Waals surface area contributed by atoms with Gasteiger partial charge in [-0.25, -0.2) is 0 Å². The van der Waals surface area contributed by atoms with Crippen LogP contribution in [0.4, 0.5) is 5.69 Å². The Morgan fingerprint density at radius 3 is 2.48 bits per heavy atom. The fraction of sp³-hybridized carbons (Fsp3) is 0. The second-order valence-corrected chi connectivity index (χ2v) is 6.01. The number of nitrogens with zero attached hydrogens (tertiary/aromatic N) is 1. The predicted molar refractivity (Wildman–Crippen MR) is 98.9 cm³/mol. The van der Waals surface area contributed by atoms with E-state index in [1.165, 1.54) is 0 Å². The standard InChI is InChI=1S/C20H13ClN2O2/c21-15-7-9-16(10-8-15)22-20(24)14-6-11-17-18(12-14)23-25-19(17)13-4-2-1-3-5-13/h1-12H,(H,22,24). The van der Waals surface area contributed by atoms with Crippen LogP contribution in [0.1, 0.15) is 10.4 Å². The number of anilines is 1. The summed E-state index contributed by atoms with van der Waals surface area (Å²) in [6.07, 6.45) is 0. The van der Waals surface area contributed by atoms with E-state index in [0.717, 1.165) is 10.9 Å². The van der Waals surface area contributed by atoms with Gasteiger partial charge in [-0.05, 0) is 42.5 Å². The Kier molecular flexibility index (Phi) is 3.96. The molecular weight excluding hydrogens is 336 g/mol. The lowest BCUT2D eigenvalue weighted by Crippen LogP contribution is -2.11. The molecule has 4 rings (SSSR count). The van der Waals surface area contributed by atoms with E-state index in [2.05, 4.69) is 10.5 Å². The van der Waals surface area contributed by atoms with Crippen molar-refractivity contribution in [2.75, 3.05) is 5.32 Å². The van der Waals surface area contributed by atoms with Crippen LogP contribution >= 0.6 is 11.6 Å². The second-order valence-electron chi connectivity index (χ2n) is 5.57. The summed E-state index contributed by atoms with van der Waals surface area (Å²) >= 11 is 5.85. The number of fused-ring (bicyclic) bond motifs is 1. The maximum Gasteiger partial charge on any atom is 0.255 e. The van der Waals surface area contributed by atoms with Gasteiger partial charge in [0.1, 0.15) is 5.52 Å². The molecule has 4 aromatic rings. The van der Waals surface area contributed by atoms with Crippen LogP contribution in [0.15, 0.2) is 77.3 Å². The Bertz CT molecular complexity index is 1040. The molecule has 0 unspecified atom stereocenters. The zero-order chi connectivity index (χ0) is 17.2. The second kappa shape index (κ2) is 6.42. The van der Waals surface area contributed by atoms with Crippen LogP contribution in [-0.4, -0.2) is 11.1 Å². The van der Waals surface area contributed by atoms with Crippen LogP contribution < -0.4 is 5.32 Å². The third kappa shape index (κ3) is 3.12. The summed E-state index contributed by atoms with van der Waals surface area (Å²) in [6, 6.07) is 22.0. The van der Waals surface area contributed by atoms with Gasteiger partial charge in [0.05, 0.1) is 0 Å². The average Bonchev–Trinajstić information content (AvgIpc) is 3.07. The van der Waals surface area contributed by atoms with Crippen molar-refractivity contribution >= 4 is 34.1 Å². The minimum Gasteiger partial charge on any atom is -0.355 e. The molecule has 0 spiro atoms. The fourth-order valence-corrected chi connectivity index (χ4v) is 2.74. The van der Waals surface area contributed by atoms with Gasteiger partial charge in [-0.3, -0.25) is 4.79 Å². The number of aromatic nitrogens is 1. The highest BCUT2D eigenvalue weighted by Crippen LogP contribution is 2.29. The first-order valence-electron chi connectivity index (χ1n) is 7.72.